The summed E-state index contributed by atoms with van der Waals surface area (Å²) in [6.07, 6.45) is 1.62. The fraction of sp³-hybridized carbons (Fsp3) is 0.375. The van der Waals surface area contributed by atoms with Crippen LogP contribution in [0.5, 0.6) is 0 Å². The van der Waals surface area contributed by atoms with E-state index in [2.05, 4.69) is 61.2 Å². The molecular weight excluding hydrogens is 234 g/mol. The molecule has 2 rings (SSSR count). The average molecular weight is 255 g/mol. The number of aryl methyl sites for hydroxylation is 2. The number of benzene rings is 1. The maximum atomic E-state index is 4.27. The molecule has 1 aromatic heterocycles. The second kappa shape index (κ2) is 5.83. The number of aromatic nitrogens is 2. The summed E-state index contributed by atoms with van der Waals surface area (Å²) in [6.45, 7) is 9.33. The van der Waals surface area contributed by atoms with Crippen LogP contribution in [0, 0.1) is 13.8 Å². The quantitative estimate of drug-likeness (QED) is 0.902. The summed E-state index contributed by atoms with van der Waals surface area (Å²) in [4.78, 5) is 8.52. The standard InChI is InChI=1S/C16H21N3/c1-11(2)15-8-16(19-10-18-15)17-9-14-6-5-12(3)13(4)7-14/h5-8,10-11H,9H2,1-4H3,(H,17,18,19). The van der Waals surface area contributed by atoms with Crippen molar-refractivity contribution in [1.82, 2.24) is 9.97 Å². The molecule has 0 fully saturated rings. The molecule has 3 nitrogen and oxygen atoms in total. The van der Waals surface area contributed by atoms with Crippen LogP contribution < -0.4 is 5.32 Å². The summed E-state index contributed by atoms with van der Waals surface area (Å²) in [6, 6.07) is 8.55. The summed E-state index contributed by atoms with van der Waals surface area (Å²) in [5.41, 5.74) is 4.99. The van der Waals surface area contributed by atoms with E-state index in [1.54, 1.807) is 6.33 Å². The molecule has 0 saturated heterocycles. The third kappa shape index (κ3) is 3.53. The number of rotatable bonds is 4. The van der Waals surface area contributed by atoms with Crippen molar-refractivity contribution < 1.29 is 0 Å². The zero-order valence-corrected chi connectivity index (χ0v) is 12.1. The first-order chi connectivity index (χ1) is 9.06. The first-order valence-corrected chi connectivity index (χ1v) is 6.68. The molecule has 0 aliphatic rings. The smallest absolute Gasteiger partial charge is 0.129 e. The minimum atomic E-state index is 0.421. The third-order valence-electron chi connectivity index (χ3n) is 3.32. The van der Waals surface area contributed by atoms with Gasteiger partial charge in [0, 0.05) is 18.3 Å². The molecule has 0 spiro atoms. The Hall–Kier alpha value is -1.90. The molecule has 1 aromatic carbocycles. The van der Waals surface area contributed by atoms with Gasteiger partial charge in [-0.2, -0.15) is 0 Å². The van der Waals surface area contributed by atoms with Gasteiger partial charge >= 0.3 is 0 Å². The second-order valence-electron chi connectivity index (χ2n) is 5.25. The van der Waals surface area contributed by atoms with Gasteiger partial charge in [-0.25, -0.2) is 9.97 Å². The zero-order chi connectivity index (χ0) is 13.8. The fourth-order valence-electron chi connectivity index (χ4n) is 1.89. The molecule has 0 unspecified atom stereocenters. The van der Waals surface area contributed by atoms with E-state index >= 15 is 0 Å². The van der Waals surface area contributed by atoms with Crippen molar-refractivity contribution in [2.45, 2.75) is 40.2 Å². The van der Waals surface area contributed by atoms with Crippen LogP contribution in [0.1, 0.15) is 42.1 Å². The number of nitrogens with one attached hydrogen (secondary N) is 1. The number of hydrogen-bond acceptors (Lipinski definition) is 3. The highest BCUT2D eigenvalue weighted by atomic mass is 15.0. The summed E-state index contributed by atoms with van der Waals surface area (Å²) < 4.78 is 0. The fourth-order valence-corrected chi connectivity index (χ4v) is 1.89. The lowest BCUT2D eigenvalue weighted by atomic mass is 10.1. The lowest BCUT2D eigenvalue weighted by Crippen LogP contribution is -2.04. The predicted octanol–water partition coefficient (Wildman–Crippen LogP) is 3.83. The van der Waals surface area contributed by atoms with Gasteiger partial charge in [0.25, 0.3) is 0 Å². The second-order valence-corrected chi connectivity index (χ2v) is 5.25. The van der Waals surface area contributed by atoms with Gasteiger partial charge in [0.2, 0.25) is 0 Å². The molecule has 0 saturated carbocycles. The first kappa shape index (κ1) is 13.5. The van der Waals surface area contributed by atoms with Crippen LogP contribution in [0.3, 0.4) is 0 Å². The SMILES string of the molecule is Cc1ccc(CNc2cc(C(C)C)ncn2)cc1C. The Morgan fingerprint density at radius 1 is 1.05 bits per heavy atom. The number of hydrogen-bond donors (Lipinski definition) is 1. The molecule has 0 amide bonds. The van der Waals surface area contributed by atoms with Crippen LogP contribution in [0.4, 0.5) is 5.82 Å². The minimum absolute atomic E-state index is 0.421. The van der Waals surface area contributed by atoms with Gasteiger partial charge in [0.15, 0.2) is 0 Å². The highest BCUT2D eigenvalue weighted by Gasteiger charge is 2.03. The van der Waals surface area contributed by atoms with Gasteiger partial charge in [-0.05, 0) is 36.5 Å². The number of anilines is 1. The Morgan fingerprint density at radius 2 is 1.84 bits per heavy atom. The van der Waals surface area contributed by atoms with Crippen molar-refractivity contribution in [2.75, 3.05) is 5.32 Å². The normalized spacial score (nSPS) is 10.8. The molecule has 0 atom stereocenters. The molecule has 3 heteroatoms. The molecule has 0 aliphatic heterocycles. The van der Waals surface area contributed by atoms with E-state index in [9.17, 15) is 0 Å². The van der Waals surface area contributed by atoms with Crippen LogP contribution in [-0.2, 0) is 6.54 Å². The first-order valence-electron chi connectivity index (χ1n) is 6.68. The molecule has 0 radical (unpaired) electrons. The highest BCUT2D eigenvalue weighted by Crippen LogP contribution is 2.15. The molecule has 1 N–H and O–H groups in total. The number of nitrogens with zero attached hydrogens (tertiary/aromatic N) is 2. The molecular formula is C16H21N3. The van der Waals surface area contributed by atoms with E-state index in [4.69, 9.17) is 0 Å². The van der Waals surface area contributed by atoms with Gasteiger partial charge in [-0.1, -0.05) is 32.0 Å². The summed E-state index contributed by atoms with van der Waals surface area (Å²) >= 11 is 0. The van der Waals surface area contributed by atoms with Gasteiger partial charge < -0.3 is 5.32 Å². The molecule has 0 bridgehead atoms. The summed E-state index contributed by atoms with van der Waals surface area (Å²) in [7, 11) is 0. The van der Waals surface area contributed by atoms with Crippen molar-refractivity contribution in [1.29, 1.82) is 0 Å². The van der Waals surface area contributed by atoms with E-state index in [1.807, 2.05) is 6.07 Å². The third-order valence-corrected chi connectivity index (χ3v) is 3.32. The van der Waals surface area contributed by atoms with Gasteiger partial charge in [-0.3, -0.25) is 0 Å². The highest BCUT2D eigenvalue weighted by molar-refractivity contribution is 5.38. The maximum absolute atomic E-state index is 4.27. The van der Waals surface area contributed by atoms with E-state index in [1.165, 1.54) is 16.7 Å². The Labute approximate surface area is 115 Å². The Bertz CT molecular complexity index is 562. The predicted molar refractivity (Wildman–Crippen MR) is 79.4 cm³/mol. The topological polar surface area (TPSA) is 37.8 Å². The van der Waals surface area contributed by atoms with Crippen molar-refractivity contribution in [3.8, 4) is 0 Å². The van der Waals surface area contributed by atoms with Gasteiger partial charge in [-0.15, -0.1) is 0 Å². The van der Waals surface area contributed by atoms with E-state index < -0.39 is 0 Å². The lowest BCUT2D eigenvalue weighted by molar-refractivity contribution is 0.814. The largest absolute Gasteiger partial charge is 0.366 e. The minimum Gasteiger partial charge on any atom is -0.366 e. The van der Waals surface area contributed by atoms with E-state index in [0.29, 0.717) is 5.92 Å². The summed E-state index contributed by atoms with van der Waals surface area (Å²) in [5, 5.41) is 3.35. The molecule has 1 heterocycles. The van der Waals surface area contributed by atoms with Crippen LogP contribution in [0.2, 0.25) is 0 Å². The van der Waals surface area contributed by atoms with Gasteiger partial charge in [0.05, 0.1) is 0 Å². The van der Waals surface area contributed by atoms with Crippen molar-refractivity contribution in [3.05, 3.63) is 53.0 Å². The monoisotopic (exact) mass is 255 g/mol. The van der Waals surface area contributed by atoms with E-state index in [-0.39, 0.29) is 0 Å². The van der Waals surface area contributed by atoms with E-state index in [0.717, 1.165) is 18.1 Å². The molecule has 100 valence electrons. The van der Waals surface area contributed by atoms with Crippen LogP contribution >= 0.6 is 0 Å². The molecule has 0 aliphatic carbocycles. The lowest BCUT2D eigenvalue weighted by Gasteiger charge is -2.09. The zero-order valence-electron chi connectivity index (χ0n) is 12.1. The Morgan fingerprint density at radius 3 is 2.53 bits per heavy atom. The van der Waals surface area contributed by atoms with Crippen LogP contribution in [0.15, 0.2) is 30.6 Å². The summed E-state index contributed by atoms with van der Waals surface area (Å²) in [5.74, 6) is 1.31. The molecule has 19 heavy (non-hydrogen) atoms. The van der Waals surface area contributed by atoms with Crippen LogP contribution in [-0.4, -0.2) is 9.97 Å². The Kier molecular flexibility index (Phi) is 4.15. The molecule has 2 aromatic rings. The van der Waals surface area contributed by atoms with Crippen LogP contribution in [0.25, 0.3) is 0 Å². The maximum Gasteiger partial charge on any atom is 0.129 e. The van der Waals surface area contributed by atoms with Gasteiger partial charge in [0.1, 0.15) is 12.1 Å². The van der Waals surface area contributed by atoms with Crippen molar-refractivity contribution in [2.24, 2.45) is 0 Å². The van der Waals surface area contributed by atoms with Crippen molar-refractivity contribution in [3.63, 3.8) is 0 Å². The Balaban J connectivity index is 2.05. The van der Waals surface area contributed by atoms with Crippen molar-refractivity contribution >= 4 is 5.82 Å². The average Bonchev–Trinajstić information content (AvgIpc) is 2.40.